The van der Waals surface area contributed by atoms with Crippen molar-refractivity contribution < 1.29 is 37.0 Å². The molecule has 1 aromatic carbocycles. The zero-order chi connectivity index (χ0) is 31.5. The van der Waals surface area contributed by atoms with Crippen molar-refractivity contribution in [2.24, 2.45) is 0 Å². The maximum atomic E-state index is 13.6. The van der Waals surface area contributed by atoms with Gasteiger partial charge in [0, 0.05) is 11.8 Å². The molecule has 0 spiro atoms. The van der Waals surface area contributed by atoms with Crippen LogP contribution in [0.3, 0.4) is 0 Å². The Morgan fingerprint density at radius 1 is 1.23 bits per heavy atom. The van der Waals surface area contributed by atoms with E-state index in [1.54, 1.807) is 58.2 Å². The van der Waals surface area contributed by atoms with Crippen molar-refractivity contribution >= 4 is 50.3 Å². The average molecular weight is 637 g/mol. The van der Waals surface area contributed by atoms with Gasteiger partial charge in [-0.1, -0.05) is 17.7 Å². The molecular formula is C29H37ClN4O8S. The molecule has 12 nitrogen and oxygen atoms in total. The molecule has 2 aromatic rings. The first-order chi connectivity index (χ1) is 20.2. The standard InChI is InChI=1S/C29H37ClN4O8S/c1-6-7-8-22(25(35)33-43(38,39)20-10-11-20)31-26(36)23-15-19(16-34(23)28(37)42-29(2,3)4)41-27-21-12-9-18(40-5)13-17(21)14-24(30)32-27/h6,9,12-14,19-20,22-23H,1,7-8,10-11,15-16H2,2-5H3,(H,31,36)(H,33,35)/t19-,22?,23+/m1/s1. The van der Waals surface area contributed by atoms with E-state index < -0.39 is 57.0 Å². The lowest BCUT2D eigenvalue weighted by Crippen LogP contribution is -2.54. The maximum absolute atomic E-state index is 13.6. The molecule has 14 heteroatoms. The van der Waals surface area contributed by atoms with Gasteiger partial charge in [-0.25, -0.2) is 18.2 Å². The molecule has 1 unspecified atom stereocenters. The number of rotatable bonds is 11. The van der Waals surface area contributed by atoms with Gasteiger partial charge in [0.15, 0.2) is 0 Å². The van der Waals surface area contributed by atoms with E-state index in [-0.39, 0.29) is 30.4 Å². The number of benzene rings is 1. The molecule has 234 valence electrons. The fraction of sp³-hybridized carbons (Fsp3) is 0.517. The number of allylic oxidation sites excluding steroid dienone is 1. The van der Waals surface area contributed by atoms with Crippen molar-refractivity contribution in [2.45, 2.75) is 81.9 Å². The van der Waals surface area contributed by atoms with Gasteiger partial charge in [0.1, 0.15) is 34.7 Å². The van der Waals surface area contributed by atoms with Crippen LogP contribution in [0.5, 0.6) is 11.6 Å². The number of carbonyl (C=O) groups excluding carboxylic acids is 3. The monoisotopic (exact) mass is 636 g/mol. The van der Waals surface area contributed by atoms with Gasteiger partial charge in [-0.05, 0) is 76.1 Å². The van der Waals surface area contributed by atoms with E-state index in [1.165, 1.54) is 4.90 Å². The Labute approximate surface area is 256 Å². The van der Waals surface area contributed by atoms with Crippen LogP contribution in [-0.2, 0) is 24.3 Å². The molecule has 1 aliphatic carbocycles. The molecule has 1 saturated carbocycles. The van der Waals surface area contributed by atoms with Crippen LogP contribution in [0, 0.1) is 0 Å². The molecule has 1 saturated heterocycles. The highest BCUT2D eigenvalue weighted by Crippen LogP contribution is 2.33. The van der Waals surface area contributed by atoms with Gasteiger partial charge in [0.05, 0.1) is 18.9 Å². The van der Waals surface area contributed by atoms with E-state index in [0.717, 1.165) is 5.39 Å². The van der Waals surface area contributed by atoms with Crippen LogP contribution < -0.4 is 19.5 Å². The van der Waals surface area contributed by atoms with E-state index in [0.29, 0.717) is 30.4 Å². The van der Waals surface area contributed by atoms with Crippen LogP contribution >= 0.6 is 11.6 Å². The topological polar surface area (TPSA) is 153 Å². The number of pyridine rings is 1. The van der Waals surface area contributed by atoms with Gasteiger partial charge < -0.3 is 19.5 Å². The minimum atomic E-state index is -3.83. The minimum absolute atomic E-state index is 0.0155. The summed E-state index contributed by atoms with van der Waals surface area (Å²) in [6.45, 7) is 8.75. The summed E-state index contributed by atoms with van der Waals surface area (Å²) in [6.07, 6.45) is 1.59. The molecule has 1 aromatic heterocycles. The van der Waals surface area contributed by atoms with Gasteiger partial charge in [0.25, 0.3) is 5.91 Å². The number of hydrogen-bond donors (Lipinski definition) is 2. The lowest BCUT2D eigenvalue weighted by atomic mass is 10.1. The molecule has 2 fully saturated rings. The summed E-state index contributed by atoms with van der Waals surface area (Å²) in [5.41, 5.74) is -0.843. The normalized spacial score (nSPS) is 19.4. The number of aromatic nitrogens is 1. The lowest BCUT2D eigenvalue weighted by Gasteiger charge is -2.28. The van der Waals surface area contributed by atoms with Crippen LogP contribution in [0.25, 0.3) is 10.8 Å². The number of sulfonamides is 1. The zero-order valence-electron chi connectivity index (χ0n) is 24.6. The van der Waals surface area contributed by atoms with Crippen molar-refractivity contribution in [3.63, 3.8) is 0 Å². The summed E-state index contributed by atoms with van der Waals surface area (Å²) < 4.78 is 43.9. The van der Waals surface area contributed by atoms with Crippen molar-refractivity contribution in [1.82, 2.24) is 19.9 Å². The number of hydrogen-bond acceptors (Lipinski definition) is 9. The number of nitrogens with zero attached hydrogens (tertiary/aromatic N) is 2. The molecule has 2 aliphatic rings. The van der Waals surface area contributed by atoms with E-state index in [4.69, 9.17) is 25.8 Å². The Hall–Kier alpha value is -3.58. The van der Waals surface area contributed by atoms with Crippen LogP contribution in [0.4, 0.5) is 4.79 Å². The molecule has 3 amide bonds. The highest BCUT2D eigenvalue weighted by Gasteiger charge is 2.44. The first kappa shape index (κ1) is 32.3. The number of likely N-dealkylation sites (tertiary alicyclic amines) is 1. The van der Waals surface area contributed by atoms with Gasteiger partial charge in [0.2, 0.25) is 21.8 Å². The summed E-state index contributed by atoms with van der Waals surface area (Å²) >= 11 is 6.27. The van der Waals surface area contributed by atoms with E-state index in [2.05, 4.69) is 21.6 Å². The Bertz CT molecular complexity index is 1510. The van der Waals surface area contributed by atoms with Crippen LogP contribution in [-0.4, -0.2) is 78.9 Å². The minimum Gasteiger partial charge on any atom is -0.497 e. The molecule has 2 N–H and O–H groups in total. The summed E-state index contributed by atoms with van der Waals surface area (Å²) in [7, 11) is -2.28. The number of amides is 3. The van der Waals surface area contributed by atoms with E-state index in [1.807, 2.05) is 0 Å². The summed E-state index contributed by atoms with van der Waals surface area (Å²) in [4.78, 5) is 45.4. The molecule has 0 radical (unpaired) electrons. The Kier molecular flexibility index (Phi) is 9.75. The van der Waals surface area contributed by atoms with E-state index in [9.17, 15) is 22.8 Å². The Morgan fingerprint density at radius 2 is 1.95 bits per heavy atom. The maximum Gasteiger partial charge on any atom is 0.411 e. The Morgan fingerprint density at radius 3 is 2.58 bits per heavy atom. The van der Waals surface area contributed by atoms with Gasteiger partial charge >= 0.3 is 6.09 Å². The Balaban J connectivity index is 1.57. The second-order valence-electron chi connectivity index (χ2n) is 11.6. The summed E-state index contributed by atoms with van der Waals surface area (Å²) in [5, 5.41) is 3.59. The average Bonchev–Trinajstić information content (AvgIpc) is 3.70. The number of fused-ring (bicyclic) bond motifs is 1. The molecule has 2 heterocycles. The van der Waals surface area contributed by atoms with Gasteiger partial charge in [-0.3, -0.25) is 19.2 Å². The first-order valence-corrected chi connectivity index (χ1v) is 15.9. The molecular weight excluding hydrogens is 600 g/mol. The second-order valence-corrected chi connectivity index (χ2v) is 13.9. The van der Waals surface area contributed by atoms with Crippen molar-refractivity contribution in [1.29, 1.82) is 0 Å². The van der Waals surface area contributed by atoms with Crippen molar-refractivity contribution in [2.75, 3.05) is 13.7 Å². The van der Waals surface area contributed by atoms with Crippen LogP contribution in [0.15, 0.2) is 36.9 Å². The largest absolute Gasteiger partial charge is 0.497 e. The quantitative estimate of drug-likeness (QED) is 0.278. The summed E-state index contributed by atoms with van der Waals surface area (Å²) in [6, 6.07) is 4.72. The number of nitrogens with one attached hydrogen (secondary N) is 2. The third-order valence-electron chi connectivity index (χ3n) is 6.94. The second kappa shape index (κ2) is 13.0. The number of methoxy groups -OCH3 is 1. The first-order valence-electron chi connectivity index (χ1n) is 14.0. The predicted molar refractivity (Wildman–Crippen MR) is 161 cm³/mol. The number of ether oxygens (including phenoxy) is 3. The molecule has 4 rings (SSSR count). The van der Waals surface area contributed by atoms with Crippen molar-refractivity contribution in [3.8, 4) is 11.6 Å². The molecule has 3 atom stereocenters. The van der Waals surface area contributed by atoms with Crippen LogP contribution in [0.1, 0.15) is 52.9 Å². The van der Waals surface area contributed by atoms with Gasteiger partial charge in [-0.2, -0.15) is 0 Å². The van der Waals surface area contributed by atoms with Crippen molar-refractivity contribution in [3.05, 3.63) is 42.1 Å². The number of halogens is 1. The lowest BCUT2D eigenvalue weighted by molar-refractivity contribution is -0.130. The molecule has 0 bridgehead atoms. The number of carbonyl (C=O) groups is 3. The highest BCUT2D eigenvalue weighted by atomic mass is 35.5. The fourth-order valence-electron chi connectivity index (χ4n) is 4.70. The zero-order valence-corrected chi connectivity index (χ0v) is 26.2. The highest BCUT2D eigenvalue weighted by molar-refractivity contribution is 7.90. The smallest absolute Gasteiger partial charge is 0.411 e. The SMILES string of the molecule is C=CCCC(NC(=O)[C@@H]1C[C@@H](Oc2nc(Cl)cc3cc(OC)ccc23)CN1C(=O)OC(C)(C)C)C(=O)NS(=O)(=O)C1CC1. The van der Waals surface area contributed by atoms with Gasteiger partial charge in [-0.15, -0.1) is 6.58 Å². The summed E-state index contributed by atoms with van der Waals surface area (Å²) in [5.74, 6) is -0.663. The molecule has 43 heavy (non-hydrogen) atoms. The fourth-order valence-corrected chi connectivity index (χ4v) is 6.24. The van der Waals surface area contributed by atoms with E-state index >= 15 is 0 Å². The predicted octanol–water partition coefficient (Wildman–Crippen LogP) is 3.71. The van der Waals surface area contributed by atoms with Crippen LogP contribution in [0.2, 0.25) is 5.15 Å². The third kappa shape index (κ3) is 8.29. The molecule has 1 aliphatic heterocycles. The third-order valence-corrected chi connectivity index (χ3v) is 8.97.